The van der Waals surface area contributed by atoms with Crippen LogP contribution in [0.2, 0.25) is 0 Å². The van der Waals surface area contributed by atoms with E-state index in [2.05, 4.69) is 30.0 Å². The van der Waals surface area contributed by atoms with E-state index in [0.29, 0.717) is 11.0 Å². The minimum absolute atomic E-state index is 0.0806. The largest absolute Gasteiger partial charge is 0.291 e. The van der Waals surface area contributed by atoms with E-state index in [-0.39, 0.29) is 11.6 Å². The van der Waals surface area contributed by atoms with Gasteiger partial charge >= 0.3 is 0 Å². The number of nitrogens with zero attached hydrogens (tertiary/aromatic N) is 4. The summed E-state index contributed by atoms with van der Waals surface area (Å²) in [5.41, 5.74) is 4.82. The third-order valence-corrected chi connectivity index (χ3v) is 5.02. The fraction of sp³-hybridized carbons (Fsp3) is 0.190. The van der Waals surface area contributed by atoms with Crippen molar-refractivity contribution in [3.8, 4) is 5.69 Å². The Labute approximate surface area is 151 Å². The van der Waals surface area contributed by atoms with Crippen LogP contribution in [0.15, 0.2) is 65.8 Å². The minimum Gasteiger partial charge on any atom is -0.291 e. The van der Waals surface area contributed by atoms with E-state index in [0.717, 1.165) is 16.8 Å². The van der Waals surface area contributed by atoms with Crippen molar-refractivity contribution in [3.63, 3.8) is 0 Å². The zero-order valence-corrected chi connectivity index (χ0v) is 15.0. The SMILES string of the molecule is Cc1cccc(-n2ncc3c(=O)n([C@@H](C)c4ccccc4)cnc32)c1C. The lowest BCUT2D eigenvalue weighted by Gasteiger charge is -2.15. The van der Waals surface area contributed by atoms with Crippen LogP contribution < -0.4 is 5.56 Å². The number of hydrogen-bond acceptors (Lipinski definition) is 3. The van der Waals surface area contributed by atoms with Gasteiger partial charge in [-0.25, -0.2) is 9.67 Å². The maximum atomic E-state index is 13.0. The summed E-state index contributed by atoms with van der Waals surface area (Å²) in [6.45, 7) is 6.11. The molecule has 4 rings (SSSR count). The van der Waals surface area contributed by atoms with E-state index < -0.39 is 0 Å². The molecule has 0 aliphatic heterocycles. The van der Waals surface area contributed by atoms with Gasteiger partial charge in [0.05, 0.1) is 17.9 Å². The first-order chi connectivity index (χ1) is 12.6. The summed E-state index contributed by atoms with van der Waals surface area (Å²) in [5, 5.41) is 4.97. The molecular weight excluding hydrogens is 324 g/mol. The molecule has 0 bridgehead atoms. The number of hydrogen-bond donors (Lipinski definition) is 0. The van der Waals surface area contributed by atoms with Crippen molar-refractivity contribution in [2.45, 2.75) is 26.8 Å². The molecular formula is C21H20N4O. The zero-order valence-electron chi connectivity index (χ0n) is 15.0. The fourth-order valence-corrected chi connectivity index (χ4v) is 3.23. The Bertz CT molecular complexity index is 1140. The fourth-order valence-electron chi connectivity index (χ4n) is 3.23. The van der Waals surface area contributed by atoms with Gasteiger partial charge in [-0.05, 0) is 43.5 Å². The molecule has 0 unspecified atom stereocenters. The van der Waals surface area contributed by atoms with Crippen LogP contribution in [0.5, 0.6) is 0 Å². The van der Waals surface area contributed by atoms with Crippen molar-refractivity contribution in [1.29, 1.82) is 0 Å². The topological polar surface area (TPSA) is 52.7 Å². The van der Waals surface area contributed by atoms with Gasteiger partial charge in [0.2, 0.25) is 0 Å². The first kappa shape index (κ1) is 16.3. The van der Waals surface area contributed by atoms with Crippen molar-refractivity contribution >= 4 is 11.0 Å². The summed E-state index contributed by atoms with van der Waals surface area (Å²) in [6.07, 6.45) is 3.23. The molecule has 0 radical (unpaired) electrons. The monoisotopic (exact) mass is 344 g/mol. The lowest BCUT2D eigenvalue weighted by Crippen LogP contribution is -2.24. The van der Waals surface area contributed by atoms with E-state index in [9.17, 15) is 4.79 Å². The second kappa shape index (κ2) is 6.26. The van der Waals surface area contributed by atoms with Crippen molar-refractivity contribution < 1.29 is 0 Å². The summed E-state index contributed by atoms with van der Waals surface area (Å²) < 4.78 is 3.41. The molecule has 1 atom stereocenters. The minimum atomic E-state index is -0.0929. The third kappa shape index (κ3) is 2.52. The number of rotatable bonds is 3. The molecule has 130 valence electrons. The van der Waals surface area contributed by atoms with Gasteiger partial charge in [-0.3, -0.25) is 9.36 Å². The molecule has 0 N–H and O–H groups in total. The predicted molar refractivity (Wildman–Crippen MR) is 103 cm³/mol. The number of benzene rings is 2. The highest BCUT2D eigenvalue weighted by atomic mass is 16.1. The van der Waals surface area contributed by atoms with Gasteiger partial charge in [-0.1, -0.05) is 42.5 Å². The van der Waals surface area contributed by atoms with E-state index >= 15 is 0 Å². The van der Waals surface area contributed by atoms with Crippen LogP contribution in [0.4, 0.5) is 0 Å². The molecule has 0 amide bonds. The summed E-state index contributed by atoms with van der Waals surface area (Å²) in [7, 11) is 0. The quantitative estimate of drug-likeness (QED) is 0.568. The second-order valence-corrected chi connectivity index (χ2v) is 6.56. The molecule has 4 aromatic rings. The van der Waals surface area contributed by atoms with Gasteiger partial charge in [0, 0.05) is 0 Å². The summed E-state index contributed by atoms with van der Waals surface area (Å²) in [5.74, 6) is 0. The van der Waals surface area contributed by atoms with Crippen molar-refractivity contribution in [2.24, 2.45) is 0 Å². The highest BCUT2D eigenvalue weighted by Crippen LogP contribution is 2.21. The summed E-state index contributed by atoms with van der Waals surface area (Å²) >= 11 is 0. The van der Waals surface area contributed by atoms with Gasteiger partial charge in [-0.2, -0.15) is 5.10 Å². The van der Waals surface area contributed by atoms with Gasteiger partial charge in [0.1, 0.15) is 11.7 Å². The second-order valence-electron chi connectivity index (χ2n) is 6.56. The van der Waals surface area contributed by atoms with Gasteiger partial charge in [0.25, 0.3) is 5.56 Å². The maximum absolute atomic E-state index is 13.0. The van der Waals surface area contributed by atoms with Gasteiger partial charge in [-0.15, -0.1) is 0 Å². The number of aromatic nitrogens is 4. The van der Waals surface area contributed by atoms with Crippen LogP contribution >= 0.6 is 0 Å². The van der Waals surface area contributed by atoms with Crippen LogP contribution in [-0.2, 0) is 0 Å². The van der Waals surface area contributed by atoms with E-state index in [1.165, 1.54) is 5.56 Å². The first-order valence-corrected chi connectivity index (χ1v) is 8.64. The molecule has 0 aliphatic carbocycles. The molecule has 5 nitrogen and oxygen atoms in total. The van der Waals surface area contributed by atoms with Crippen molar-refractivity contribution in [1.82, 2.24) is 19.3 Å². The molecule has 0 saturated carbocycles. The van der Waals surface area contributed by atoms with Crippen LogP contribution in [0.3, 0.4) is 0 Å². The molecule has 5 heteroatoms. The molecule has 2 aromatic carbocycles. The lowest BCUT2D eigenvalue weighted by atomic mass is 10.1. The molecule has 0 fully saturated rings. The maximum Gasteiger partial charge on any atom is 0.265 e. The summed E-state index contributed by atoms with van der Waals surface area (Å²) in [6, 6.07) is 15.9. The Morgan fingerprint density at radius 2 is 1.77 bits per heavy atom. The van der Waals surface area contributed by atoms with Crippen LogP contribution in [0.25, 0.3) is 16.7 Å². The van der Waals surface area contributed by atoms with E-state index in [4.69, 9.17) is 0 Å². The number of aryl methyl sites for hydroxylation is 1. The molecule has 0 saturated heterocycles. The molecule has 2 heterocycles. The van der Waals surface area contributed by atoms with Crippen molar-refractivity contribution in [2.75, 3.05) is 0 Å². The van der Waals surface area contributed by atoms with Gasteiger partial charge < -0.3 is 0 Å². The highest BCUT2D eigenvalue weighted by molar-refractivity contribution is 5.75. The third-order valence-electron chi connectivity index (χ3n) is 5.02. The van der Waals surface area contributed by atoms with E-state index in [1.807, 2.05) is 49.4 Å². The predicted octanol–water partition coefficient (Wildman–Crippen LogP) is 3.81. The standard InChI is InChI=1S/C21H20N4O/c1-14-8-7-11-19(15(14)2)25-20-18(12-23-25)21(26)24(13-22-20)16(3)17-9-5-4-6-10-17/h4-13,16H,1-3H3/t16-/m0/s1. The first-order valence-electron chi connectivity index (χ1n) is 8.64. The average molecular weight is 344 g/mol. The Hall–Kier alpha value is -3.21. The molecule has 26 heavy (non-hydrogen) atoms. The summed E-state index contributed by atoms with van der Waals surface area (Å²) in [4.78, 5) is 17.6. The molecule has 0 aliphatic rings. The van der Waals surface area contributed by atoms with Crippen molar-refractivity contribution in [3.05, 3.63) is 88.1 Å². The Kier molecular flexibility index (Phi) is 3.92. The highest BCUT2D eigenvalue weighted by Gasteiger charge is 2.16. The van der Waals surface area contributed by atoms with Crippen LogP contribution in [0, 0.1) is 13.8 Å². The van der Waals surface area contributed by atoms with Crippen LogP contribution in [0.1, 0.15) is 29.7 Å². The van der Waals surface area contributed by atoms with Gasteiger partial charge in [0.15, 0.2) is 5.65 Å². The number of fused-ring (bicyclic) bond motifs is 1. The average Bonchev–Trinajstić information content (AvgIpc) is 3.09. The Morgan fingerprint density at radius 3 is 2.54 bits per heavy atom. The Balaban J connectivity index is 1.86. The smallest absolute Gasteiger partial charge is 0.265 e. The Morgan fingerprint density at radius 1 is 1.00 bits per heavy atom. The molecule has 2 aromatic heterocycles. The zero-order chi connectivity index (χ0) is 18.3. The lowest BCUT2D eigenvalue weighted by molar-refractivity contribution is 0.608. The van der Waals surface area contributed by atoms with E-state index in [1.54, 1.807) is 21.8 Å². The normalized spacial score (nSPS) is 12.4. The molecule has 0 spiro atoms. The van der Waals surface area contributed by atoms with Crippen LogP contribution in [-0.4, -0.2) is 19.3 Å².